The average Bonchev–Trinajstić information content (AvgIpc) is 1.68. The van der Waals surface area contributed by atoms with Crippen molar-refractivity contribution < 1.29 is 67.0 Å². The molecular formula is C59H70N8O14. The Morgan fingerprint density at radius 3 is 1.42 bits per heavy atom. The summed E-state index contributed by atoms with van der Waals surface area (Å²) >= 11 is 0. The first-order valence-electron chi connectivity index (χ1n) is 26.9. The van der Waals surface area contributed by atoms with E-state index in [-0.39, 0.29) is 121 Å². The number of fused-ring (bicyclic) bond motifs is 12. The quantitative estimate of drug-likeness (QED) is 0.112. The van der Waals surface area contributed by atoms with Crippen LogP contribution in [0.2, 0.25) is 0 Å². The number of nitrogens with zero attached hydrogens (tertiary/aromatic N) is 6. The topological polar surface area (TPSA) is 272 Å². The summed E-state index contributed by atoms with van der Waals surface area (Å²) in [5.74, 6) is -0.601. The van der Waals surface area contributed by atoms with Gasteiger partial charge in [0.25, 0.3) is 0 Å². The van der Waals surface area contributed by atoms with Crippen LogP contribution >= 0.6 is 0 Å². The Labute approximate surface area is 470 Å². The largest absolute Gasteiger partial charge is 0.507 e. The van der Waals surface area contributed by atoms with Gasteiger partial charge in [-0.2, -0.15) is 10.5 Å². The van der Waals surface area contributed by atoms with Gasteiger partial charge in [-0.3, -0.25) is 48.4 Å². The van der Waals surface area contributed by atoms with Crippen LogP contribution in [-0.4, -0.2) is 184 Å². The lowest BCUT2D eigenvalue weighted by Gasteiger charge is -2.60. The van der Waals surface area contributed by atoms with Crippen molar-refractivity contribution in [3.05, 3.63) is 90.5 Å². The predicted molar refractivity (Wildman–Crippen MR) is 290 cm³/mol. The summed E-state index contributed by atoms with van der Waals surface area (Å²) in [6.45, 7) is 9.80. The van der Waals surface area contributed by atoms with Crippen molar-refractivity contribution in [3.8, 4) is 35.1 Å². The van der Waals surface area contributed by atoms with Gasteiger partial charge in [0, 0.05) is 110 Å². The van der Waals surface area contributed by atoms with Gasteiger partial charge in [-0.15, -0.1) is 0 Å². The standard InChI is InChI=1S/C30H36N4O7.C29H34N4O7/c1-14-8-17-9-19-21(11-31)34-20(25(33(19)4)23(17)30(28(14)39-6)41-13-38-5)10-18-24(22(34)12-32-16(3)35)27(37)29(40-7)15(2)26(18)36;1-13-7-16-8-18-20(10-30)33-19(24(32(18)4)22(16)29(28(13)39-6)40-12-38-5)9-17-23(21(33)11-31-15(3)34)27(37)26(36)14(2)25(17)35/h8,19-22,25H,9-10,12-13H2,1-7H3,(H,32,35);7,18-21,24,35H,8-9,11-12H2,1-6H3,(H,31,34)/t19-,20?,21-,22-,25-;18-,19?,20-,21-,24-/m00/s1. The molecular weight excluding hydrogens is 1040 g/mol. The number of hydrogen-bond donors (Lipinski definition) is 3. The zero-order chi connectivity index (χ0) is 58.8. The normalized spacial score (nSPS) is 27.7. The number of rotatable bonds is 13. The highest BCUT2D eigenvalue weighted by Gasteiger charge is 2.60. The Morgan fingerprint density at radius 1 is 0.593 bits per heavy atom. The Kier molecular flexibility index (Phi) is 16.4. The number of likely N-dealkylation sites (N-methyl/N-ethyl adjacent to an activating group) is 2. The molecule has 6 aliphatic heterocycles. The van der Waals surface area contributed by atoms with Crippen LogP contribution in [0.25, 0.3) is 0 Å². The maximum absolute atomic E-state index is 13.8. The number of aliphatic hydroxyl groups is 1. The summed E-state index contributed by atoms with van der Waals surface area (Å²) in [5.41, 5.74) is 7.17. The Bertz CT molecular complexity index is 3260. The number of carbonyl (C=O) groups excluding carboxylic acids is 6. The van der Waals surface area contributed by atoms with Crippen molar-refractivity contribution in [3.63, 3.8) is 0 Å². The van der Waals surface area contributed by atoms with E-state index in [2.05, 4.69) is 44.7 Å². The summed E-state index contributed by atoms with van der Waals surface area (Å²) in [7, 11) is 11.6. The third-order valence-electron chi connectivity index (χ3n) is 17.6. The molecule has 2 aliphatic carbocycles. The van der Waals surface area contributed by atoms with Crippen molar-refractivity contribution >= 4 is 34.9 Å². The second-order valence-corrected chi connectivity index (χ2v) is 21.8. The SMILES string of the molecule is COCOc1c(OC)c(C)cc2c1[C@@H]1C3CC4=C(C(=O)C(=O)C(C)=C4O)[C@H](CNC(C)=O)N3[C@@H](C#N)[C@H](C2)N1C.COCOc1c(OC)c(C)cc2c1[C@@H]1C3CC4=C(C(=O)C(OC)=C(C)C4=O)[C@H](CNC(C)=O)N3[C@@H](C#N)[C@H](C2)N1C. The van der Waals surface area contributed by atoms with Crippen LogP contribution in [-0.2, 0) is 55.8 Å². The number of hydrogen-bond acceptors (Lipinski definition) is 20. The van der Waals surface area contributed by atoms with Crippen LogP contribution < -0.4 is 29.6 Å². The van der Waals surface area contributed by atoms with Crippen molar-refractivity contribution in [2.45, 2.75) is 128 Å². The van der Waals surface area contributed by atoms with Crippen LogP contribution in [0.4, 0.5) is 0 Å². The van der Waals surface area contributed by atoms with Crippen molar-refractivity contribution in [1.82, 2.24) is 30.2 Å². The number of nitriles is 2. The molecule has 2 aromatic rings. The lowest BCUT2D eigenvalue weighted by atomic mass is 9.69. The Balaban J connectivity index is 0.000000196. The monoisotopic (exact) mass is 1110 g/mol. The number of amides is 2. The third-order valence-corrected chi connectivity index (χ3v) is 17.6. The van der Waals surface area contributed by atoms with Crippen molar-refractivity contribution in [2.75, 3.05) is 76.3 Å². The minimum absolute atomic E-state index is 0.000180. The van der Waals surface area contributed by atoms with Gasteiger partial charge >= 0.3 is 0 Å². The fraction of sp³-hybridized carbons (Fsp3) is 0.525. The zero-order valence-electron chi connectivity index (χ0n) is 48.0. The van der Waals surface area contributed by atoms with Gasteiger partial charge in [-0.1, -0.05) is 12.1 Å². The molecule has 0 aromatic heterocycles. The number of ketones is 4. The molecule has 2 fully saturated rings. The number of ether oxygens (including phenoxy) is 7. The molecule has 6 heterocycles. The molecule has 2 saturated heterocycles. The number of Topliss-reactive ketones (excluding diaryl/α,β-unsaturated/α-hetero) is 4. The van der Waals surface area contributed by atoms with Crippen molar-refractivity contribution in [1.29, 1.82) is 10.5 Å². The smallest absolute Gasteiger partial charge is 0.232 e. The average molecular weight is 1120 g/mol. The van der Waals surface area contributed by atoms with E-state index in [0.29, 0.717) is 52.6 Å². The first-order valence-corrected chi connectivity index (χ1v) is 26.9. The maximum atomic E-state index is 13.8. The van der Waals surface area contributed by atoms with Gasteiger partial charge in [-0.05, 0) is 89.7 Å². The second kappa shape index (κ2) is 22.8. The molecule has 8 aliphatic rings. The van der Waals surface area contributed by atoms with E-state index >= 15 is 0 Å². The van der Waals surface area contributed by atoms with E-state index in [4.69, 9.17) is 33.2 Å². The summed E-state index contributed by atoms with van der Waals surface area (Å²) in [4.78, 5) is 86.2. The van der Waals surface area contributed by atoms with Gasteiger partial charge in [0.2, 0.25) is 29.2 Å². The van der Waals surface area contributed by atoms with E-state index < -0.39 is 41.8 Å². The van der Waals surface area contributed by atoms with E-state index in [1.54, 1.807) is 28.3 Å². The number of aryl methyl sites for hydroxylation is 2. The lowest BCUT2D eigenvalue weighted by molar-refractivity contribution is -0.134. The Morgan fingerprint density at radius 2 is 1.02 bits per heavy atom. The minimum atomic E-state index is -0.787. The minimum Gasteiger partial charge on any atom is -0.507 e. The van der Waals surface area contributed by atoms with Crippen LogP contribution in [0.15, 0.2) is 57.1 Å². The molecule has 81 heavy (non-hydrogen) atoms. The molecule has 2 amide bonds. The fourth-order valence-electron chi connectivity index (χ4n) is 14.3. The highest BCUT2D eigenvalue weighted by Crippen LogP contribution is 2.56. The fourth-order valence-corrected chi connectivity index (χ4v) is 14.3. The lowest BCUT2D eigenvalue weighted by Crippen LogP contribution is -2.71. The summed E-state index contributed by atoms with van der Waals surface area (Å²) in [5, 5.41) is 37.9. The molecule has 4 bridgehead atoms. The maximum Gasteiger partial charge on any atom is 0.232 e. The van der Waals surface area contributed by atoms with Crippen LogP contribution in [0.1, 0.15) is 86.0 Å². The molecule has 0 saturated carbocycles. The molecule has 0 radical (unpaired) electrons. The predicted octanol–water partition coefficient (Wildman–Crippen LogP) is 3.39. The summed E-state index contributed by atoms with van der Waals surface area (Å²) in [6, 6.07) is 4.48. The first kappa shape index (κ1) is 58.2. The van der Waals surface area contributed by atoms with Gasteiger partial charge < -0.3 is 48.9 Å². The zero-order valence-corrected chi connectivity index (χ0v) is 48.0. The molecule has 3 N–H and O–H groups in total. The van der Waals surface area contributed by atoms with E-state index in [1.165, 1.54) is 35.0 Å². The van der Waals surface area contributed by atoms with E-state index in [0.717, 1.165) is 33.4 Å². The number of carbonyl (C=O) groups is 6. The highest BCUT2D eigenvalue weighted by molar-refractivity contribution is 6.50. The van der Waals surface area contributed by atoms with E-state index in [1.807, 2.05) is 37.7 Å². The highest BCUT2D eigenvalue weighted by atomic mass is 16.7. The molecule has 10 rings (SSSR count). The van der Waals surface area contributed by atoms with Crippen molar-refractivity contribution in [2.24, 2.45) is 0 Å². The van der Waals surface area contributed by atoms with Gasteiger partial charge in [0.05, 0.1) is 57.6 Å². The van der Waals surface area contributed by atoms with Crippen LogP contribution in [0, 0.1) is 36.5 Å². The number of allylic oxidation sites excluding steroid dienone is 4. The summed E-state index contributed by atoms with van der Waals surface area (Å²) < 4.78 is 39.7. The second-order valence-electron chi connectivity index (χ2n) is 21.8. The number of nitrogens with one attached hydrogen (secondary N) is 2. The molecule has 0 spiro atoms. The van der Waals surface area contributed by atoms with Gasteiger partial charge in [-0.25, -0.2) is 0 Å². The van der Waals surface area contributed by atoms with Crippen LogP contribution in [0.3, 0.4) is 0 Å². The molecule has 10 atom stereocenters. The van der Waals surface area contributed by atoms with Crippen LogP contribution in [0.5, 0.6) is 23.0 Å². The Hall–Kier alpha value is -7.44. The first-order chi connectivity index (χ1) is 38.7. The molecule has 22 nitrogen and oxygen atoms in total. The van der Waals surface area contributed by atoms with Gasteiger partial charge in [0.15, 0.2) is 48.1 Å². The number of benzene rings is 2. The molecule has 430 valence electrons. The molecule has 22 heteroatoms. The summed E-state index contributed by atoms with van der Waals surface area (Å²) in [6.07, 6.45) is 1.55. The number of aliphatic hydroxyl groups excluding tert-OH is 1. The number of methoxy groups -OCH3 is 5. The molecule has 2 aromatic carbocycles. The van der Waals surface area contributed by atoms with Gasteiger partial charge in [0.1, 0.15) is 17.8 Å². The third kappa shape index (κ3) is 9.35. The molecule has 2 unspecified atom stereocenters. The van der Waals surface area contributed by atoms with E-state index in [9.17, 15) is 44.4 Å². The number of piperazine rings is 2.